The van der Waals surface area contributed by atoms with E-state index in [1.807, 2.05) is 24.3 Å². The molecule has 1 aromatic carbocycles. The molecule has 2 aliphatic heterocycles. The Morgan fingerprint density at radius 2 is 2.30 bits per heavy atom. The molecule has 106 valence electrons. The fourth-order valence-electron chi connectivity index (χ4n) is 2.60. The lowest BCUT2D eigenvalue weighted by molar-refractivity contribution is -0.125. The first kappa shape index (κ1) is 13.2. The van der Waals surface area contributed by atoms with E-state index in [1.54, 1.807) is 18.2 Å². The summed E-state index contributed by atoms with van der Waals surface area (Å²) in [7, 11) is 1.72. The SMILES string of the molecule is CN1C(=O)C(N)(C2COCCN2)N=Cc2ccccc21. The third-order valence-corrected chi connectivity index (χ3v) is 3.82. The zero-order valence-electron chi connectivity index (χ0n) is 11.4. The number of likely N-dealkylation sites (N-methyl/N-ethyl adjacent to an activating group) is 1. The third kappa shape index (κ3) is 2.02. The number of hydrogen-bond acceptors (Lipinski definition) is 5. The topological polar surface area (TPSA) is 80.0 Å². The van der Waals surface area contributed by atoms with Gasteiger partial charge in [-0.2, -0.15) is 0 Å². The van der Waals surface area contributed by atoms with Gasteiger partial charge < -0.3 is 15.0 Å². The predicted octanol–water partition coefficient (Wildman–Crippen LogP) is -0.275. The molecule has 0 radical (unpaired) electrons. The average molecular weight is 274 g/mol. The van der Waals surface area contributed by atoms with E-state index in [0.29, 0.717) is 19.8 Å². The Balaban J connectivity index is 2.00. The number of benzodiazepines with no additional fused rings is 1. The second kappa shape index (κ2) is 4.97. The van der Waals surface area contributed by atoms with Crippen molar-refractivity contribution >= 4 is 17.8 Å². The highest BCUT2D eigenvalue weighted by molar-refractivity contribution is 6.07. The van der Waals surface area contributed by atoms with Crippen molar-refractivity contribution in [2.45, 2.75) is 11.7 Å². The molecule has 1 saturated heterocycles. The second-order valence-corrected chi connectivity index (χ2v) is 5.09. The van der Waals surface area contributed by atoms with Crippen molar-refractivity contribution < 1.29 is 9.53 Å². The number of benzene rings is 1. The largest absolute Gasteiger partial charge is 0.378 e. The number of anilines is 1. The molecule has 6 heteroatoms. The highest BCUT2D eigenvalue weighted by Gasteiger charge is 2.46. The van der Waals surface area contributed by atoms with Crippen LogP contribution in [-0.2, 0) is 9.53 Å². The van der Waals surface area contributed by atoms with Gasteiger partial charge in [-0.1, -0.05) is 18.2 Å². The summed E-state index contributed by atoms with van der Waals surface area (Å²) in [5.41, 5.74) is 6.67. The lowest BCUT2D eigenvalue weighted by Gasteiger charge is -2.36. The summed E-state index contributed by atoms with van der Waals surface area (Å²) in [6.45, 7) is 1.67. The van der Waals surface area contributed by atoms with E-state index in [0.717, 1.165) is 11.3 Å². The molecule has 0 bridgehead atoms. The van der Waals surface area contributed by atoms with Crippen molar-refractivity contribution in [2.75, 3.05) is 31.7 Å². The molecule has 1 fully saturated rings. The molecule has 0 saturated carbocycles. The third-order valence-electron chi connectivity index (χ3n) is 3.82. The van der Waals surface area contributed by atoms with Crippen molar-refractivity contribution in [3.63, 3.8) is 0 Å². The number of carbonyl (C=O) groups excluding carboxylic acids is 1. The van der Waals surface area contributed by atoms with E-state index in [2.05, 4.69) is 10.3 Å². The van der Waals surface area contributed by atoms with Crippen LogP contribution in [0.15, 0.2) is 29.3 Å². The number of nitrogens with one attached hydrogen (secondary N) is 1. The Morgan fingerprint density at radius 3 is 3.05 bits per heavy atom. The molecule has 2 unspecified atom stereocenters. The van der Waals surface area contributed by atoms with Crippen LogP contribution in [0.3, 0.4) is 0 Å². The number of carbonyl (C=O) groups is 1. The Bertz CT molecular complexity index is 554. The van der Waals surface area contributed by atoms with E-state index < -0.39 is 5.66 Å². The van der Waals surface area contributed by atoms with Crippen LogP contribution in [0, 0.1) is 0 Å². The maximum atomic E-state index is 12.7. The molecule has 2 aliphatic rings. The highest BCUT2D eigenvalue weighted by atomic mass is 16.5. The summed E-state index contributed by atoms with van der Waals surface area (Å²) >= 11 is 0. The van der Waals surface area contributed by atoms with Crippen LogP contribution in [-0.4, -0.2) is 50.6 Å². The van der Waals surface area contributed by atoms with E-state index in [4.69, 9.17) is 10.5 Å². The van der Waals surface area contributed by atoms with Crippen LogP contribution in [0.4, 0.5) is 5.69 Å². The van der Waals surface area contributed by atoms with E-state index in [-0.39, 0.29) is 11.9 Å². The van der Waals surface area contributed by atoms with Gasteiger partial charge in [-0.3, -0.25) is 15.5 Å². The van der Waals surface area contributed by atoms with Crippen molar-refractivity contribution in [3.8, 4) is 0 Å². The molecule has 0 aromatic heterocycles. The quantitative estimate of drug-likeness (QED) is 0.738. The molecule has 3 N–H and O–H groups in total. The molecule has 20 heavy (non-hydrogen) atoms. The number of aliphatic imine (C=N–C) groups is 1. The lowest BCUT2D eigenvalue weighted by atomic mass is 10.00. The number of para-hydroxylation sites is 1. The minimum atomic E-state index is -1.34. The van der Waals surface area contributed by atoms with Gasteiger partial charge in [0.1, 0.15) is 0 Å². The van der Waals surface area contributed by atoms with Crippen LogP contribution in [0.2, 0.25) is 0 Å². The first-order chi connectivity index (χ1) is 9.63. The number of ether oxygens (including phenoxy) is 1. The lowest BCUT2D eigenvalue weighted by Crippen LogP contribution is -2.67. The van der Waals surface area contributed by atoms with Gasteiger partial charge in [0.2, 0.25) is 5.66 Å². The minimum absolute atomic E-state index is 0.235. The Labute approximate surface area is 117 Å². The van der Waals surface area contributed by atoms with Crippen molar-refractivity contribution in [1.29, 1.82) is 0 Å². The Kier molecular flexibility index (Phi) is 3.29. The van der Waals surface area contributed by atoms with E-state index in [1.165, 1.54) is 0 Å². The maximum Gasteiger partial charge on any atom is 0.271 e. The number of morpholine rings is 1. The summed E-state index contributed by atoms with van der Waals surface area (Å²) in [4.78, 5) is 18.7. The van der Waals surface area contributed by atoms with Crippen molar-refractivity contribution in [1.82, 2.24) is 5.32 Å². The summed E-state index contributed by atoms with van der Waals surface area (Å²) in [5, 5.41) is 3.22. The normalized spacial score (nSPS) is 30.0. The number of nitrogens with zero attached hydrogens (tertiary/aromatic N) is 2. The molecule has 2 atom stereocenters. The molecular weight excluding hydrogens is 256 g/mol. The maximum absolute atomic E-state index is 12.7. The van der Waals surface area contributed by atoms with Gasteiger partial charge in [0.05, 0.1) is 24.9 Å². The van der Waals surface area contributed by atoms with E-state index >= 15 is 0 Å². The van der Waals surface area contributed by atoms with E-state index in [9.17, 15) is 4.79 Å². The van der Waals surface area contributed by atoms with Crippen molar-refractivity contribution in [3.05, 3.63) is 29.8 Å². The van der Waals surface area contributed by atoms with Crippen molar-refractivity contribution in [2.24, 2.45) is 10.7 Å². The predicted molar refractivity (Wildman–Crippen MR) is 77.0 cm³/mol. The molecule has 0 spiro atoms. The van der Waals surface area contributed by atoms with Gasteiger partial charge >= 0.3 is 0 Å². The Morgan fingerprint density at radius 1 is 1.50 bits per heavy atom. The van der Waals surface area contributed by atoms with Crippen LogP contribution < -0.4 is 16.0 Å². The fourth-order valence-corrected chi connectivity index (χ4v) is 2.60. The standard InChI is InChI=1S/C14H18N4O2/c1-18-11-5-3-2-4-10(11)8-17-14(15,13(18)19)12-9-20-7-6-16-12/h2-5,8,12,16H,6-7,9,15H2,1H3. The Hall–Kier alpha value is -1.76. The van der Waals surface area contributed by atoms with Crippen LogP contribution in [0.25, 0.3) is 0 Å². The number of amides is 1. The van der Waals surface area contributed by atoms with Gasteiger partial charge in [0.25, 0.3) is 5.91 Å². The number of rotatable bonds is 1. The van der Waals surface area contributed by atoms with Gasteiger partial charge in [-0.05, 0) is 6.07 Å². The molecule has 2 heterocycles. The molecule has 0 aliphatic carbocycles. The summed E-state index contributed by atoms with van der Waals surface area (Å²) < 4.78 is 5.41. The molecular formula is C14H18N4O2. The average Bonchev–Trinajstić information content (AvgIpc) is 2.60. The zero-order valence-corrected chi connectivity index (χ0v) is 11.4. The monoisotopic (exact) mass is 274 g/mol. The number of nitrogens with two attached hydrogens (primary N) is 1. The summed E-state index contributed by atoms with van der Waals surface area (Å²) in [5.74, 6) is -0.235. The van der Waals surface area contributed by atoms with Gasteiger partial charge in [-0.15, -0.1) is 0 Å². The molecule has 3 rings (SSSR count). The number of hydrogen-bond donors (Lipinski definition) is 2. The molecule has 6 nitrogen and oxygen atoms in total. The number of fused-ring (bicyclic) bond motifs is 1. The van der Waals surface area contributed by atoms with Crippen LogP contribution >= 0.6 is 0 Å². The first-order valence-electron chi connectivity index (χ1n) is 6.65. The van der Waals surface area contributed by atoms with Crippen LogP contribution in [0.1, 0.15) is 5.56 Å². The zero-order chi connectivity index (χ0) is 14.2. The van der Waals surface area contributed by atoms with Gasteiger partial charge in [0, 0.05) is 25.4 Å². The minimum Gasteiger partial charge on any atom is -0.378 e. The first-order valence-corrected chi connectivity index (χ1v) is 6.65. The second-order valence-electron chi connectivity index (χ2n) is 5.09. The molecule has 1 aromatic rings. The van der Waals surface area contributed by atoms with Gasteiger partial charge in [0.15, 0.2) is 0 Å². The van der Waals surface area contributed by atoms with Gasteiger partial charge in [-0.25, -0.2) is 0 Å². The highest BCUT2D eigenvalue weighted by Crippen LogP contribution is 2.26. The smallest absolute Gasteiger partial charge is 0.271 e. The fraction of sp³-hybridized carbons (Fsp3) is 0.429. The molecule has 1 amide bonds. The summed E-state index contributed by atoms with van der Waals surface area (Å²) in [6.07, 6.45) is 1.67. The van der Waals surface area contributed by atoms with Crippen LogP contribution in [0.5, 0.6) is 0 Å². The summed E-state index contributed by atoms with van der Waals surface area (Å²) in [6, 6.07) is 7.28.